The van der Waals surface area contributed by atoms with E-state index in [-0.39, 0.29) is 23.8 Å². The molecule has 114 valence electrons. The van der Waals surface area contributed by atoms with Crippen LogP contribution in [-0.4, -0.2) is 36.7 Å². The predicted molar refractivity (Wildman–Crippen MR) is 78.9 cm³/mol. The quantitative estimate of drug-likeness (QED) is 0.745. The molecule has 2 N–H and O–H groups in total. The standard InChI is InChI=1S/C12H14BrN3O4S/c13-10-4-9(5-14-6-10)12(18)16-15-11(17)3-8-1-2-21(19,20)7-8/h4-6,8H,1-3,7H2,(H,15,17)(H,16,18). The zero-order valence-electron chi connectivity index (χ0n) is 11.0. The van der Waals surface area contributed by atoms with Crippen molar-refractivity contribution in [3.05, 3.63) is 28.5 Å². The Balaban J connectivity index is 1.80. The van der Waals surface area contributed by atoms with Crippen molar-refractivity contribution < 1.29 is 18.0 Å². The maximum absolute atomic E-state index is 11.8. The normalized spacial score (nSPS) is 20.0. The second-order valence-electron chi connectivity index (χ2n) is 4.87. The van der Waals surface area contributed by atoms with Gasteiger partial charge >= 0.3 is 0 Å². The average molecular weight is 376 g/mol. The Bertz CT molecular complexity index is 662. The first-order valence-corrected chi connectivity index (χ1v) is 8.87. The summed E-state index contributed by atoms with van der Waals surface area (Å²) < 4.78 is 23.2. The average Bonchev–Trinajstić information content (AvgIpc) is 2.75. The highest BCUT2D eigenvalue weighted by atomic mass is 79.9. The van der Waals surface area contributed by atoms with E-state index in [0.717, 1.165) is 0 Å². The van der Waals surface area contributed by atoms with E-state index in [1.807, 2.05) is 0 Å². The molecule has 0 aromatic carbocycles. The van der Waals surface area contributed by atoms with Crippen molar-refractivity contribution in [3.63, 3.8) is 0 Å². The van der Waals surface area contributed by atoms with Crippen molar-refractivity contribution in [3.8, 4) is 0 Å². The van der Waals surface area contributed by atoms with Crippen LogP contribution in [0.1, 0.15) is 23.2 Å². The molecule has 1 fully saturated rings. The fourth-order valence-corrected chi connectivity index (χ4v) is 4.31. The van der Waals surface area contributed by atoms with Crippen molar-refractivity contribution in [2.24, 2.45) is 5.92 Å². The molecule has 1 atom stereocenters. The lowest BCUT2D eigenvalue weighted by Crippen LogP contribution is -2.42. The minimum atomic E-state index is -3.00. The first-order valence-electron chi connectivity index (χ1n) is 6.26. The summed E-state index contributed by atoms with van der Waals surface area (Å²) in [4.78, 5) is 27.3. The molecular weight excluding hydrogens is 362 g/mol. The van der Waals surface area contributed by atoms with Crippen molar-refractivity contribution in [1.82, 2.24) is 15.8 Å². The molecule has 1 saturated heterocycles. The van der Waals surface area contributed by atoms with Crippen molar-refractivity contribution in [2.45, 2.75) is 12.8 Å². The third-order valence-electron chi connectivity index (χ3n) is 3.08. The third kappa shape index (κ3) is 4.78. The summed E-state index contributed by atoms with van der Waals surface area (Å²) in [6.07, 6.45) is 3.47. The van der Waals surface area contributed by atoms with Crippen LogP contribution in [0.5, 0.6) is 0 Å². The number of nitrogens with one attached hydrogen (secondary N) is 2. The molecule has 0 bridgehead atoms. The highest BCUT2D eigenvalue weighted by Gasteiger charge is 2.29. The topological polar surface area (TPSA) is 105 Å². The van der Waals surface area contributed by atoms with Crippen LogP contribution >= 0.6 is 15.9 Å². The van der Waals surface area contributed by atoms with Gasteiger partial charge in [0.05, 0.1) is 17.1 Å². The Kier molecular flexibility index (Phi) is 4.94. The fraction of sp³-hybridized carbons (Fsp3) is 0.417. The molecule has 2 heterocycles. The third-order valence-corrected chi connectivity index (χ3v) is 5.35. The van der Waals surface area contributed by atoms with E-state index in [1.165, 1.54) is 12.4 Å². The number of carbonyl (C=O) groups is 2. The number of amides is 2. The summed E-state index contributed by atoms with van der Waals surface area (Å²) in [7, 11) is -3.00. The van der Waals surface area contributed by atoms with E-state index in [9.17, 15) is 18.0 Å². The summed E-state index contributed by atoms with van der Waals surface area (Å²) in [5, 5.41) is 0. The van der Waals surface area contributed by atoms with Crippen LogP contribution in [0.2, 0.25) is 0 Å². The first-order chi connectivity index (χ1) is 9.85. The highest BCUT2D eigenvalue weighted by Crippen LogP contribution is 2.21. The van der Waals surface area contributed by atoms with Gasteiger partial charge in [0.2, 0.25) is 5.91 Å². The highest BCUT2D eigenvalue weighted by molar-refractivity contribution is 9.10. The Morgan fingerprint density at radius 3 is 2.71 bits per heavy atom. The maximum Gasteiger partial charge on any atom is 0.271 e. The van der Waals surface area contributed by atoms with Crippen LogP contribution in [0.4, 0.5) is 0 Å². The summed E-state index contributed by atoms with van der Waals surface area (Å²) in [6, 6.07) is 1.57. The van der Waals surface area contributed by atoms with E-state index in [1.54, 1.807) is 6.07 Å². The maximum atomic E-state index is 11.8. The van der Waals surface area contributed by atoms with E-state index < -0.39 is 21.7 Å². The molecule has 21 heavy (non-hydrogen) atoms. The molecule has 0 spiro atoms. The number of hydrazine groups is 1. The Morgan fingerprint density at radius 1 is 1.33 bits per heavy atom. The van der Waals surface area contributed by atoms with Gasteiger partial charge in [0.25, 0.3) is 5.91 Å². The van der Waals surface area contributed by atoms with Crippen molar-refractivity contribution in [1.29, 1.82) is 0 Å². The van der Waals surface area contributed by atoms with Crippen LogP contribution in [-0.2, 0) is 14.6 Å². The van der Waals surface area contributed by atoms with Gasteiger partial charge in [-0.1, -0.05) is 0 Å². The molecule has 0 aliphatic carbocycles. The Morgan fingerprint density at radius 2 is 2.10 bits per heavy atom. The molecular formula is C12H14BrN3O4S. The van der Waals surface area contributed by atoms with Gasteiger partial charge in [-0.05, 0) is 34.3 Å². The molecule has 1 aromatic heterocycles. The zero-order valence-corrected chi connectivity index (χ0v) is 13.4. The lowest BCUT2D eigenvalue weighted by molar-refractivity contribution is -0.122. The summed E-state index contributed by atoms with van der Waals surface area (Å²) in [5.74, 6) is -0.922. The van der Waals surface area contributed by atoms with Gasteiger partial charge in [-0.15, -0.1) is 0 Å². The summed E-state index contributed by atoms with van der Waals surface area (Å²) >= 11 is 3.19. The number of hydrogen-bond donors (Lipinski definition) is 2. The molecule has 2 rings (SSSR count). The number of rotatable bonds is 3. The predicted octanol–water partition coefficient (Wildman–Crippen LogP) is 0.430. The minimum absolute atomic E-state index is 0.0317. The van der Waals surface area contributed by atoms with Crippen molar-refractivity contribution >= 4 is 37.6 Å². The van der Waals surface area contributed by atoms with Gasteiger partial charge in [-0.2, -0.15) is 0 Å². The van der Waals surface area contributed by atoms with E-state index in [2.05, 4.69) is 31.8 Å². The van der Waals surface area contributed by atoms with Crippen LogP contribution in [0, 0.1) is 5.92 Å². The molecule has 0 saturated carbocycles. The largest absolute Gasteiger partial charge is 0.273 e. The number of sulfone groups is 1. The number of aromatic nitrogens is 1. The molecule has 0 radical (unpaired) electrons. The second-order valence-corrected chi connectivity index (χ2v) is 8.01. The van der Waals surface area contributed by atoms with Gasteiger partial charge in [0, 0.05) is 23.3 Å². The van der Waals surface area contributed by atoms with Crippen LogP contribution in [0.25, 0.3) is 0 Å². The first kappa shape index (κ1) is 15.9. The van der Waals surface area contributed by atoms with Crippen LogP contribution in [0.3, 0.4) is 0 Å². The smallest absolute Gasteiger partial charge is 0.271 e. The number of pyridine rings is 1. The summed E-state index contributed by atoms with van der Waals surface area (Å²) in [5.41, 5.74) is 4.85. The SMILES string of the molecule is O=C(CC1CCS(=O)(=O)C1)NNC(=O)c1cncc(Br)c1. The Labute approximate surface area is 130 Å². The van der Waals surface area contributed by atoms with Gasteiger partial charge in [0.15, 0.2) is 9.84 Å². The van der Waals surface area contributed by atoms with Gasteiger partial charge in [-0.3, -0.25) is 25.4 Å². The van der Waals surface area contributed by atoms with Gasteiger partial charge in [0.1, 0.15) is 0 Å². The van der Waals surface area contributed by atoms with Crippen molar-refractivity contribution in [2.75, 3.05) is 11.5 Å². The number of carbonyl (C=O) groups excluding carboxylic acids is 2. The Hall–Kier alpha value is -1.48. The van der Waals surface area contributed by atoms with E-state index in [4.69, 9.17) is 0 Å². The fourth-order valence-electron chi connectivity index (χ4n) is 2.08. The number of halogens is 1. The summed E-state index contributed by atoms with van der Waals surface area (Å²) in [6.45, 7) is 0. The molecule has 9 heteroatoms. The zero-order chi connectivity index (χ0) is 15.5. The molecule has 1 aliphatic heterocycles. The minimum Gasteiger partial charge on any atom is -0.273 e. The lowest BCUT2D eigenvalue weighted by Gasteiger charge is -2.10. The molecule has 1 unspecified atom stereocenters. The van der Waals surface area contributed by atoms with Crippen LogP contribution in [0.15, 0.2) is 22.9 Å². The van der Waals surface area contributed by atoms with E-state index >= 15 is 0 Å². The van der Waals surface area contributed by atoms with E-state index in [0.29, 0.717) is 16.5 Å². The van der Waals surface area contributed by atoms with Crippen LogP contribution < -0.4 is 10.9 Å². The molecule has 7 nitrogen and oxygen atoms in total. The number of nitrogens with zero attached hydrogens (tertiary/aromatic N) is 1. The lowest BCUT2D eigenvalue weighted by atomic mass is 10.1. The molecule has 1 aromatic rings. The van der Waals surface area contributed by atoms with Gasteiger partial charge < -0.3 is 0 Å². The monoisotopic (exact) mass is 375 g/mol. The van der Waals surface area contributed by atoms with Gasteiger partial charge in [-0.25, -0.2) is 8.42 Å². The number of hydrogen-bond acceptors (Lipinski definition) is 5. The second kappa shape index (κ2) is 6.52. The molecule has 1 aliphatic rings. The molecule has 2 amide bonds.